The number of aryl methyl sites for hydroxylation is 1. The third-order valence-corrected chi connectivity index (χ3v) is 4.88. The van der Waals surface area contributed by atoms with Gasteiger partial charge in [-0.15, -0.1) is 10.2 Å². The van der Waals surface area contributed by atoms with Gasteiger partial charge in [0.05, 0.1) is 19.5 Å². The van der Waals surface area contributed by atoms with Gasteiger partial charge in [0.15, 0.2) is 5.82 Å². The number of hydrogen-bond donors (Lipinski definition) is 1. The Morgan fingerprint density at radius 1 is 1.15 bits per heavy atom. The molecule has 0 saturated carbocycles. The predicted octanol–water partition coefficient (Wildman–Crippen LogP) is 1.78. The smallest absolute Gasteiger partial charge is 0.328 e. The van der Waals surface area contributed by atoms with Gasteiger partial charge in [-0.05, 0) is 23.3 Å². The van der Waals surface area contributed by atoms with Gasteiger partial charge in [-0.3, -0.25) is 4.79 Å². The average molecular weight is 350 g/mol. The molecule has 0 radical (unpaired) electrons. The number of amides is 1. The highest BCUT2D eigenvalue weighted by molar-refractivity contribution is 5.91. The summed E-state index contributed by atoms with van der Waals surface area (Å²) in [6.45, 7) is 2.11. The average Bonchev–Trinajstić information content (AvgIpc) is 3.01. The molecule has 0 aliphatic carbocycles. The van der Waals surface area contributed by atoms with E-state index in [1.165, 1.54) is 4.90 Å². The standard InChI is InChI=1S/C19H18N4O3/c1-12-20-21-17-11-23(16(19(25)26)10-22(12)17)18(24)9-14-7-4-6-13-5-2-3-8-15(13)14/h2-8,16H,9-11H2,1H3,(H,25,26). The zero-order chi connectivity index (χ0) is 18.3. The zero-order valence-electron chi connectivity index (χ0n) is 14.3. The Kier molecular flexibility index (Phi) is 3.91. The van der Waals surface area contributed by atoms with E-state index in [0.29, 0.717) is 11.6 Å². The topological polar surface area (TPSA) is 88.3 Å². The second-order valence-electron chi connectivity index (χ2n) is 6.46. The van der Waals surface area contributed by atoms with E-state index >= 15 is 0 Å². The first-order valence-electron chi connectivity index (χ1n) is 8.42. The Labute approximate surface area is 149 Å². The lowest BCUT2D eigenvalue weighted by Crippen LogP contribution is -2.51. The third kappa shape index (κ3) is 2.71. The van der Waals surface area contributed by atoms with Crippen molar-refractivity contribution in [1.82, 2.24) is 19.7 Å². The number of carbonyl (C=O) groups is 2. The summed E-state index contributed by atoms with van der Waals surface area (Å²) < 4.78 is 1.76. The molecule has 2 aromatic carbocycles. The lowest BCUT2D eigenvalue weighted by molar-refractivity contribution is -0.152. The maximum absolute atomic E-state index is 12.9. The second-order valence-corrected chi connectivity index (χ2v) is 6.46. The van der Waals surface area contributed by atoms with Gasteiger partial charge < -0.3 is 14.6 Å². The molecular formula is C19H18N4O3. The van der Waals surface area contributed by atoms with E-state index in [0.717, 1.165) is 16.3 Å². The van der Waals surface area contributed by atoms with Crippen LogP contribution in [0, 0.1) is 6.92 Å². The van der Waals surface area contributed by atoms with Crippen LogP contribution in [0.1, 0.15) is 17.2 Å². The van der Waals surface area contributed by atoms with E-state index in [-0.39, 0.29) is 25.4 Å². The van der Waals surface area contributed by atoms with Gasteiger partial charge in [0.25, 0.3) is 0 Å². The van der Waals surface area contributed by atoms with Gasteiger partial charge in [0.2, 0.25) is 5.91 Å². The lowest BCUT2D eigenvalue weighted by atomic mass is 10.0. The van der Waals surface area contributed by atoms with Crippen molar-refractivity contribution in [2.75, 3.05) is 0 Å². The monoisotopic (exact) mass is 350 g/mol. The van der Waals surface area contributed by atoms with Crippen molar-refractivity contribution in [1.29, 1.82) is 0 Å². The number of aliphatic carboxylic acids is 1. The molecule has 0 saturated heterocycles. The van der Waals surface area contributed by atoms with Gasteiger partial charge in [-0.1, -0.05) is 42.5 Å². The van der Waals surface area contributed by atoms with Crippen molar-refractivity contribution in [2.45, 2.75) is 32.5 Å². The maximum atomic E-state index is 12.9. The summed E-state index contributed by atoms with van der Waals surface area (Å²) in [4.78, 5) is 26.1. The van der Waals surface area contributed by atoms with Crippen LogP contribution in [0.3, 0.4) is 0 Å². The van der Waals surface area contributed by atoms with E-state index in [1.54, 1.807) is 11.5 Å². The molecule has 1 atom stereocenters. The number of rotatable bonds is 3. The van der Waals surface area contributed by atoms with Crippen molar-refractivity contribution < 1.29 is 14.7 Å². The van der Waals surface area contributed by atoms with E-state index in [1.807, 2.05) is 42.5 Å². The van der Waals surface area contributed by atoms with Gasteiger partial charge >= 0.3 is 5.97 Å². The number of fused-ring (bicyclic) bond motifs is 2. The number of carboxylic acid groups (broad SMARTS) is 1. The van der Waals surface area contributed by atoms with Crippen LogP contribution in [0.2, 0.25) is 0 Å². The molecule has 0 fully saturated rings. The van der Waals surface area contributed by atoms with Crippen LogP contribution in [-0.2, 0) is 29.1 Å². The van der Waals surface area contributed by atoms with Crippen LogP contribution in [0.15, 0.2) is 42.5 Å². The highest BCUT2D eigenvalue weighted by atomic mass is 16.4. The summed E-state index contributed by atoms with van der Waals surface area (Å²) in [5, 5.41) is 19.7. The van der Waals surface area contributed by atoms with Crippen molar-refractivity contribution in [3.63, 3.8) is 0 Å². The molecule has 4 rings (SSSR count). The number of hydrogen-bond acceptors (Lipinski definition) is 4. The first-order valence-corrected chi connectivity index (χ1v) is 8.42. The molecule has 1 aliphatic rings. The molecular weight excluding hydrogens is 332 g/mol. The summed E-state index contributed by atoms with van der Waals surface area (Å²) in [5.74, 6) is 0.0364. The number of benzene rings is 2. The lowest BCUT2D eigenvalue weighted by Gasteiger charge is -2.33. The summed E-state index contributed by atoms with van der Waals surface area (Å²) in [5.41, 5.74) is 0.889. The Bertz CT molecular complexity index is 1010. The van der Waals surface area contributed by atoms with E-state index in [2.05, 4.69) is 10.2 Å². The van der Waals surface area contributed by atoms with Crippen molar-refractivity contribution >= 4 is 22.6 Å². The second kappa shape index (κ2) is 6.25. The Hall–Kier alpha value is -3.22. The number of nitrogens with zero attached hydrogens (tertiary/aromatic N) is 4. The fourth-order valence-corrected chi connectivity index (χ4v) is 3.50. The SMILES string of the molecule is Cc1nnc2n1CC(C(=O)O)N(C(=O)Cc1cccc3ccccc13)C2. The Morgan fingerprint density at radius 3 is 2.73 bits per heavy atom. The number of carbonyl (C=O) groups excluding carboxylic acids is 1. The van der Waals surface area contributed by atoms with Crippen LogP contribution < -0.4 is 0 Å². The fraction of sp³-hybridized carbons (Fsp3) is 0.263. The van der Waals surface area contributed by atoms with Crippen molar-refractivity contribution in [3.8, 4) is 0 Å². The molecule has 1 N–H and O–H groups in total. The Morgan fingerprint density at radius 2 is 1.92 bits per heavy atom. The number of aromatic nitrogens is 3. The summed E-state index contributed by atoms with van der Waals surface area (Å²) >= 11 is 0. The molecule has 1 amide bonds. The van der Waals surface area contributed by atoms with Crippen molar-refractivity contribution in [2.24, 2.45) is 0 Å². The van der Waals surface area contributed by atoms with Crippen LogP contribution >= 0.6 is 0 Å². The first kappa shape index (κ1) is 16.3. The fourth-order valence-electron chi connectivity index (χ4n) is 3.50. The zero-order valence-corrected chi connectivity index (χ0v) is 14.3. The van der Waals surface area contributed by atoms with Gasteiger partial charge in [0.1, 0.15) is 11.9 Å². The summed E-state index contributed by atoms with van der Waals surface area (Å²) in [7, 11) is 0. The van der Waals surface area contributed by atoms with Gasteiger partial charge in [-0.25, -0.2) is 4.79 Å². The largest absolute Gasteiger partial charge is 0.480 e. The molecule has 132 valence electrons. The normalized spacial score (nSPS) is 16.5. The van der Waals surface area contributed by atoms with Crippen LogP contribution in [0.4, 0.5) is 0 Å². The summed E-state index contributed by atoms with van der Waals surface area (Å²) in [6, 6.07) is 12.8. The van der Waals surface area contributed by atoms with Gasteiger partial charge in [-0.2, -0.15) is 0 Å². The molecule has 0 bridgehead atoms. The van der Waals surface area contributed by atoms with Crippen LogP contribution in [-0.4, -0.2) is 42.7 Å². The Balaban J connectivity index is 1.65. The first-order chi connectivity index (χ1) is 12.5. The maximum Gasteiger partial charge on any atom is 0.328 e. The number of carboxylic acids is 1. The molecule has 1 aromatic heterocycles. The minimum absolute atomic E-state index is 0.151. The van der Waals surface area contributed by atoms with E-state index in [9.17, 15) is 14.7 Å². The molecule has 26 heavy (non-hydrogen) atoms. The third-order valence-electron chi connectivity index (χ3n) is 4.88. The molecule has 1 aliphatic heterocycles. The molecule has 1 unspecified atom stereocenters. The minimum Gasteiger partial charge on any atom is -0.480 e. The van der Waals surface area contributed by atoms with Gasteiger partial charge in [0, 0.05) is 0 Å². The van der Waals surface area contributed by atoms with Crippen LogP contribution in [0.25, 0.3) is 10.8 Å². The molecule has 0 spiro atoms. The van der Waals surface area contributed by atoms with E-state index in [4.69, 9.17) is 0 Å². The minimum atomic E-state index is -1.02. The van der Waals surface area contributed by atoms with E-state index < -0.39 is 12.0 Å². The predicted molar refractivity (Wildman–Crippen MR) is 94.4 cm³/mol. The van der Waals surface area contributed by atoms with Crippen molar-refractivity contribution in [3.05, 3.63) is 59.7 Å². The quantitative estimate of drug-likeness (QED) is 0.778. The van der Waals surface area contributed by atoms with Crippen LogP contribution in [0.5, 0.6) is 0 Å². The summed E-state index contributed by atoms with van der Waals surface area (Å²) in [6.07, 6.45) is 0.151. The molecule has 7 heteroatoms. The molecule has 3 aromatic rings. The molecule has 7 nitrogen and oxygen atoms in total. The highest BCUT2D eigenvalue weighted by Crippen LogP contribution is 2.23. The molecule has 2 heterocycles. The highest BCUT2D eigenvalue weighted by Gasteiger charge is 2.36.